The standard InChI is InChI=1S/C10H13N3OS2/c1-14-10(11)6-7-15-16-9-4-2-8(13-12)3-5-9/h2,4-5,11H,3,6-7H2,1H3. The van der Waals surface area contributed by atoms with Gasteiger partial charge in [-0.1, -0.05) is 27.7 Å². The molecule has 0 spiro atoms. The molecule has 0 radical (unpaired) electrons. The Hall–Kier alpha value is -0.970. The lowest BCUT2D eigenvalue weighted by Gasteiger charge is -2.04. The van der Waals surface area contributed by atoms with Crippen molar-refractivity contribution in [3.05, 3.63) is 28.7 Å². The summed E-state index contributed by atoms with van der Waals surface area (Å²) in [6.07, 6.45) is 7.07. The van der Waals surface area contributed by atoms with Crippen LogP contribution in [0.5, 0.6) is 0 Å². The molecule has 0 aromatic heterocycles. The monoisotopic (exact) mass is 255 g/mol. The van der Waals surface area contributed by atoms with Gasteiger partial charge in [0, 0.05) is 23.2 Å². The summed E-state index contributed by atoms with van der Waals surface area (Å²) in [7, 11) is 4.87. The molecule has 0 aromatic carbocycles. The molecule has 1 aliphatic rings. The van der Waals surface area contributed by atoms with Crippen LogP contribution in [0.3, 0.4) is 0 Å². The van der Waals surface area contributed by atoms with Gasteiger partial charge in [-0.15, -0.1) is 0 Å². The number of hydrogen-bond acceptors (Lipinski definition) is 4. The van der Waals surface area contributed by atoms with Gasteiger partial charge in [0.1, 0.15) is 0 Å². The number of methoxy groups -OCH3 is 1. The first kappa shape index (κ1) is 13.1. The average Bonchev–Trinajstić information content (AvgIpc) is 2.35. The van der Waals surface area contributed by atoms with Crippen molar-refractivity contribution < 1.29 is 9.53 Å². The summed E-state index contributed by atoms with van der Waals surface area (Å²) in [6.45, 7) is 0. The van der Waals surface area contributed by atoms with Crippen LogP contribution in [0.15, 0.2) is 23.1 Å². The first-order chi connectivity index (χ1) is 7.76. The first-order valence-corrected chi connectivity index (χ1v) is 7.08. The predicted molar refractivity (Wildman–Crippen MR) is 69.9 cm³/mol. The lowest BCUT2D eigenvalue weighted by Crippen LogP contribution is -1.99. The fraction of sp³-hybridized carbons (Fsp3) is 0.400. The minimum atomic E-state index is 0.316. The molecule has 16 heavy (non-hydrogen) atoms. The summed E-state index contributed by atoms with van der Waals surface area (Å²) in [5.74, 6) is 1.17. The third-order valence-electron chi connectivity index (χ3n) is 1.89. The zero-order chi connectivity index (χ0) is 11.8. The molecule has 0 amide bonds. The van der Waals surface area contributed by atoms with Crippen molar-refractivity contribution in [1.82, 2.24) is 0 Å². The number of rotatable bonds is 5. The Morgan fingerprint density at radius 3 is 3.00 bits per heavy atom. The van der Waals surface area contributed by atoms with Gasteiger partial charge in [0.25, 0.3) is 5.71 Å². The highest BCUT2D eigenvalue weighted by atomic mass is 33.1. The normalized spacial score (nSPS) is 14.3. The number of nitrogens with one attached hydrogen (secondary N) is 1. The quantitative estimate of drug-likeness (QED) is 0.205. The summed E-state index contributed by atoms with van der Waals surface area (Å²) in [5.41, 5.74) is 9.21. The Morgan fingerprint density at radius 2 is 2.44 bits per heavy atom. The van der Waals surface area contributed by atoms with E-state index in [1.807, 2.05) is 12.2 Å². The lowest BCUT2D eigenvalue weighted by molar-refractivity contribution is -0.00538. The molecular formula is C10H13N3OS2. The van der Waals surface area contributed by atoms with Gasteiger partial charge in [-0.2, -0.15) is 4.79 Å². The van der Waals surface area contributed by atoms with Crippen molar-refractivity contribution >= 4 is 33.2 Å². The second kappa shape index (κ2) is 7.33. The number of allylic oxidation sites excluding steroid dienone is 3. The molecule has 0 bridgehead atoms. The van der Waals surface area contributed by atoms with Gasteiger partial charge < -0.3 is 10.3 Å². The molecule has 0 heterocycles. The SMILES string of the molecule is COC(=N)CCSSC1=CCC(=[N+]=[N-])C=C1. The molecule has 4 nitrogen and oxygen atoms in total. The van der Waals surface area contributed by atoms with Gasteiger partial charge in [-0.05, 0) is 6.08 Å². The summed E-state index contributed by atoms with van der Waals surface area (Å²) in [6, 6.07) is 0. The van der Waals surface area contributed by atoms with Crippen LogP contribution >= 0.6 is 21.6 Å². The summed E-state index contributed by atoms with van der Waals surface area (Å²) in [5, 5.41) is 7.29. The lowest BCUT2D eigenvalue weighted by atomic mass is 10.2. The van der Waals surface area contributed by atoms with Crippen LogP contribution < -0.4 is 0 Å². The summed E-state index contributed by atoms with van der Waals surface area (Å²) in [4.78, 5) is 4.29. The molecule has 6 heteroatoms. The van der Waals surface area contributed by atoms with Crippen molar-refractivity contribution in [2.24, 2.45) is 0 Å². The van der Waals surface area contributed by atoms with Crippen LogP contribution in [0.1, 0.15) is 12.8 Å². The van der Waals surface area contributed by atoms with E-state index in [0.717, 1.165) is 10.7 Å². The van der Waals surface area contributed by atoms with Crippen LogP contribution in [0.25, 0.3) is 5.53 Å². The number of ether oxygens (including phenoxy) is 1. The Balaban J connectivity index is 2.20. The molecule has 0 aliphatic heterocycles. The Labute approximate surface area is 103 Å². The van der Waals surface area contributed by atoms with Crippen molar-refractivity contribution in [3.8, 4) is 0 Å². The Bertz CT molecular complexity index is 370. The minimum absolute atomic E-state index is 0.316. The summed E-state index contributed by atoms with van der Waals surface area (Å²) < 4.78 is 4.76. The molecular weight excluding hydrogens is 242 g/mol. The van der Waals surface area contributed by atoms with E-state index in [0.29, 0.717) is 24.5 Å². The molecule has 86 valence electrons. The maximum absolute atomic E-state index is 8.54. The first-order valence-electron chi connectivity index (χ1n) is 4.76. The molecule has 1 aliphatic carbocycles. The van der Waals surface area contributed by atoms with E-state index >= 15 is 0 Å². The van der Waals surface area contributed by atoms with Crippen LogP contribution in [-0.2, 0) is 4.74 Å². The number of nitrogens with zero attached hydrogens (tertiary/aromatic N) is 2. The average molecular weight is 255 g/mol. The molecule has 0 saturated heterocycles. The fourth-order valence-corrected chi connectivity index (χ4v) is 3.04. The molecule has 0 fully saturated rings. The zero-order valence-corrected chi connectivity index (χ0v) is 10.6. The van der Waals surface area contributed by atoms with Crippen molar-refractivity contribution in [2.75, 3.05) is 12.9 Å². The highest BCUT2D eigenvalue weighted by molar-refractivity contribution is 8.78. The van der Waals surface area contributed by atoms with Crippen molar-refractivity contribution in [1.29, 1.82) is 5.41 Å². The predicted octanol–water partition coefficient (Wildman–Crippen LogP) is 2.90. The van der Waals surface area contributed by atoms with Crippen LogP contribution in [0, 0.1) is 5.41 Å². The zero-order valence-electron chi connectivity index (χ0n) is 8.97. The van der Waals surface area contributed by atoms with E-state index < -0.39 is 0 Å². The van der Waals surface area contributed by atoms with Gasteiger partial charge >= 0.3 is 0 Å². The highest BCUT2D eigenvalue weighted by Gasteiger charge is 2.08. The molecule has 1 N–H and O–H groups in total. The fourth-order valence-electron chi connectivity index (χ4n) is 1.00. The van der Waals surface area contributed by atoms with E-state index in [4.69, 9.17) is 15.7 Å². The second-order valence-electron chi connectivity index (χ2n) is 3.02. The van der Waals surface area contributed by atoms with Crippen LogP contribution in [0.2, 0.25) is 0 Å². The van der Waals surface area contributed by atoms with Gasteiger partial charge in [0.2, 0.25) is 0 Å². The molecule has 0 aromatic rings. The summed E-state index contributed by atoms with van der Waals surface area (Å²) >= 11 is 0. The van der Waals surface area contributed by atoms with Crippen molar-refractivity contribution in [2.45, 2.75) is 12.8 Å². The van der Waals surface area contributed by atoms with Gasteiger partial charge in [0.05, 0.1) is 13.5 Å². The van der Waals surface area contributed by atoms with E-state index in [-0.39, 0.29) is 0 Å². The van der Waals surface area contributed by atoms with E-state index in [1.54, 1.807) is 27.7 Å². The maximum atomic E-state index is 8.54. The second-order valence-corrected chi connectivity index (χ2v) is 5.51. The van der Waals surface area contributed by atoms with E-state index in [9.17, 15) is 0 Å². The Morgan fingerprint density at radius 1 is 1.62 bits per heavy atom. The minimum Gasteiger partial charge on any atom is -0.484 e. The smallest absolute Gasteiger partial charge is 0.295 e. The maximum Gasteiger partial charge on any atom is 0.295 e. The van der Waals surface area contributed by atoms with Gasteiger partial charge in [-0.3, -0.25) is 5.41 Å². The number of hydrogen-bond donors (Lipinski definition) is 1. The Kier molecular flexibility index (Phi) is 6.00. The van der Waals surface area contributed by atoms with Gasteiger partial charge in [-0.25, -0.2) is 0 Å². The van der Waals surface area contributed by atoms with E-state index in [1.165, 1.54) is 7.11 Å². The van der Waals surface area contributed by atoms with E-state index in [2.05, 4.69) is 4.79 Å². The van der Waals surface area contributed by atoms with Crippen LogP contribution in [-0.4, -0.2) is 29.3 Å². The molecule has 0 atom stereocenters. The molecule has 0 unspecified atom stereocenters. The third-order valence-corrected chi connectivity index (χ3v) is 4.31. The highest BCUT2D eigenvalue weighted by Crippen LogP contribution is 2.32. The largest absolute Gasteiger partial charge is 0.484 e. The van der Waals surface area contributed by atoms with Gasteiger partial charge in [0.15, 0.2) is 5.90 Å². The topological polar surface area (TPSA) is 69.5 Å². The third kappa shape index (κ3) is 4.70. The van der Waals surface area contributed by atoms with Crippen LogP contribution in [0.4, 0.5) is 0 Å². The molecule has 0 saturated carbocycles. The van der Waals surface area contributed by atoms with Crippen molar-refractivity contribution in [3.63, 3.8) is 0 Å². The molecule has 1 rings (SSSR count).